The van der Waals surface area contributed by atoms with Crippen molar-refractivity contribution in [2.45, 2.75) is 17.5 Å². The second-order valence-electron chi connectivity index (χ2n) is 10.5. The number of nitrogens with zero attached hydrogens (tertiary/aromatic N) is 4. The number of thiophene rings is 1. The number of pyridine rings is 1. The molecule has 7 rings (SSSR count). The number of amides is 1. The van der Waals surface area contributed by atoms with Crippen molar-refractivity contribution in [1.82, 2.24) is 19.7 Å². The summed E-state index contributed by atoms with van der Waals surface area (Å²) < 4.78 is 47.2. The Bertz CT molecular complexity index is 2030. The van der Waals surface area contributed by atoms with Gasteiger partial charge in [-0.25, -0.2) is 17.8 Å². The lowest BCUT2D eigenvalue weighted by atomic mass is 9.95. The van der Waals surface area contributed by atoms with E-state index in [0.29, 0.717) is 30.1 Å². The van der Waals surface area contributed by atoms with Crippen LogP contribution in [0.5, 0.6) is 5.75 Å². The van der Waals surface area contributed by atoms with Crippen molar-refractivity contribution >= 4 is 37.2 Å². The SMILES string of the molecule is C=CC(=O)N1CC(n2cc(-c3nc(-c4ccc5c(c4)CS(=O)(=O)C5)c4ccsc4c3-c3ccc(F)cc3OC)cn2)C1. The third-order valence-electron chi connectivity index (χ3n) is 7.87. The Kier molecular flexibility index (Phi) is 6.25. The second-order valence-corrected chi connectivity index (χ2v) is 13.5. The van der Waals surface area contributed by atoms with E-state index in [2.05, 4.69) is 11.7 Å². The zero-order chi connectivity index (χ0) is 29.2. The fourth-order valence-electron chi connectivity index (χ4n) is 5.74. The number of fused-ring (bicyclic) bond motifs is 2. The molecular weight excluding hydrogens is 575 g/mol. The maximum atomic E-state index is 14.2. The minimum atomic E-state index is -3.16. The molecule has 5 heterocycles. The minimum absolute atomic E-state index is 0.0141. The van der Waals surface area contributed by atoms with Crippen LogP contribution >= 0.6 is 11.3 Å². The maximum Gasteiger partial charge on any atom is 0.246 e. The maximum absolute atomic E-state index is 14.2. The second kappa shape index (κ2) is 9.88. The van der Waals surface area contributed by atoms with Gasteiger partial charge < -0.3 is 9.64 Å². The molecule has 3 aromatic heterocycles. The molecule has 8 nitrogen and oxygen atoms in total. The Labute approximate surface area is 245 Å². The van der Waals surface area contributed by atoms with Gasteiger partial charge in [-0.05, 0) is 46.8 Å². The Balaban J connectivity index is 1.41. The van der Waals surface area contributed by atoms with E-state index in [4.69, 9.17) is 9.72 Å². The minimum Gasteiger partial charge on any atom is -0.496 e. The number of sulfone groups is 1. The van der Waals surface area contributed by atoms with Crippen molar-refractivity contribution in [2.75, 3.05) is 20.2 Å². The van der Waals surface area contributed by atoms with Gasteiger partial charge in [-0.15, -0.1) is 11.3 Å². The monoisotopic (exact) mass is 600 g/mol. The van der Waals surface area contributed by atoms with Gasteiger partial charge in [-0.1, -0.05) is 18.7 Å². The molecule has 1 saturated heterocycles. The molecule has 0 bridgehead atoms. The molecule has 1 amide bonds. The first-order chi connectivity index (χ1) is 20.2. The number of hydrogen-bond donors (Lipinski definition) is 0. The summed E-state index contributed by atoms with van der Waals surface area (Å²) in [4.78, 5) is 18.9. The molecule has 0 radical (unpaired) electrons. The van der Waals surface area contributed by atoms with Crippen LogP contribution in [0, 0.1) is 5.82 Å². The van der Waals surface area contributed by atoms with Crippen molar-refractivity contribution in [2.24, 2.45) is 0 Å². The van der Waals surface area contributed by atoms with Crippen LogP contribution in [0.3, 0.4) is 0 Å². The van der Waals surface area contributed by atoms with Crippen LogP contribution in [-0.4, -0.2) is 54.2 Å². The van der Waals surface area contributed by atoms with Gasteiger partial charge in [-0.3, -0.25) is 9.48 Å². The average Bonchev–Trinajstić information content (AvgIpc) is 3.69. The number of halogens is 1. The van der Waals surface area contributed by atoms with Crippen LogP contribution in [0.15, 0.2) is 72.9 Å². The van der Waals surface area contributed by atoms with E-state index < -0.39 is 15.7 Å². The van der Waals surface area contributed by atoms with Crippen molar-refractivity contribution in [3.05, 3.63) is 89.8 Å². The largest absolute Gasteiger partial charge is 0.496 e. The number of hydrogen-bond acceptors (Lipinski definition) is 7. The molecular formula is C31H25FN4O4S2. The Morgan fingerprint density at radius 1 is 1.10 bits per heavy atom. The van der Waals surface area contributed by atoms with Crippen LogP contribution < -0.4 is 4.74 Å². The Morgan fingerprint density at radius 2 is 1.90 bits per heavy atom. The molecule has 42 heavy (non-hydrogen) atoms. The number of ether oxygens (including phenoxy) is 1. The number of rotatable bonds is 6. The summed E-state index contributed by atoms with van der Waals surface area (Å²) in [5.41, 5.74) is 6.03. The van der Waals surface area contributed by atoms with Crippen LogP contribution in [0.2, 0.25) is 0 Å². The molecule has 5 aromatic rings. The highest BCUT2D eigenvalue weighted by atomic mass is 32.2. The summed E-state index contributed by atoms with van der Waals surface area (Å²) in [6, 6.07) is 12.2. The van der Waals surface area contributed by atoms with Gasteiger partial charge in [0.1, 0.15) is 11.6 Å². The van der Waals surface area contributed by atoms with E-state index >= 15 is 0 Å². The predicted octanol–water partition coefficient (Wildman–Crippen LogP) is 5.64. The first-order valence-electron chi connectivity index (χ1n) is 13.3. The first kappa shape index (κ1) is 26.5. The van der Waals surface area contributed by atoms with Crippen LogP contribution in [-0.2, 0) is 26.1 Å². The van der Waals surface area contributed by atoms with E-state index in [1.807, 2.05) is 40.5 Å². The zero-order valence-electron chi connectivity index (χ0n) is 22.6. The van der Waals surface area contributed by atoms with Gasteiger partial charge in [0.15, 0.2) is 9.84 Å². The fraction of sp³-hybridized carbons (Fsp3) is 0.194. The van der Waals surface area contributed by atoms with Crippen molar-refractivity contribution in [1.29, 1.82) is 0 Å². The first-order valence-corrected chi connectivity index (χ1v) is 16.0. The molecule has 1 fully saturated rings. The smallest absolute Gasteiger partial charge is 0.246 e. The summed E-state index contributed by atoms with van der Waals surface area (Å²) in [5, 5.41) is 7.50. The lowest BCUT2D eigenvalue weighted by Crippen LogP contribution is -2.50. The summed E-state index contributed by atoms with van der Waals surface area (Å²) in [6.45, 7) is 4.62. The molecule has 2 aliphatic rings. The molecule has 0 atom stereocenters. The Morgan fingerprint density at radius 3 is 2.69 bits per heavy atom. The molecule has 2 aliphatic heterocycles. The number of carbonyl (C=O) groups excluding carboxylic acids is 1. The van der Waals surface area contributed by atoms with E-state index in [9.17, 15) is 17.6 Å². The lowest BCUT2D eigenvalue weighted by Gasteiger charge is -2.38. The standard InChI is InChI=1S/C31H25FN4O4S2/c1-3-27(37)35-14-23(15-35)36-13-21(12-33-36)30-28(24-7-6-22(32)11-26(24)40-2)31-25(8-9-41-31)29(34-30)18-4-5-19-16-42(38,39)17-20(19)10-18/h3-13,23H,1,14-17H2,2H3. The number of methoxy groups -OCH3 is 1. The summed E-state index contributed by atoms with van der Waals surface area (Å²) in [7, 11) is -1.65. The number of benzene rings is 2. The van der Waals surface area contributed by atoms with Crippen LogP contribution in [0.25, 0.3) is 43.7 Å². The third-order valence-corrected chi connectivity index (χ3v) is 10.3. The quantitative estimate of drug-likeness (QED) is 0.234. The topological polar surface area (TPSA) is 94.4 Å². The molecule has 0 spiro atoms. The molecule has 0 aliphatic carbocycles. The normalized spacial score (nSPS) is 15.9. The average molecular weight is 601 g/mol. The number of likely N-dealkylation sites (tertiary alicyclic amines) is 1. The summed E-state index contributed by atoms with van der Waals surface area (Å²) >= 11 is 1.54. The zero-order valence-corrected chi connectivity index (χ0v) is 24.2. The molecule has 2 aromatic carbocycles. The van der Waals surface area contributed by atoms with Crippen molar-refractivity contribution in [3.8, 4) is 39.4 Å². The summed E-state index contributed by atoms with van der Waals surface area (Å²) in [6.07, 6.45) is 4.97. The van der Waals surface area contributed by atoms with Gasteiger partial charge in [0.25, 0.3) is 0 Å². The van der Waals surface area contributed by atoms with Gasteiger partial charge in [-0.2, -0.15) is 5.10 Å². The van der Waals surface area contributed by atoms with Gasteiger partial charge >= 0.3 is 0 Å². The number of carbonyl (C=O) groups is 1. The Hall–Kier alpha value is -4.35. The van der Waals surface area contributed by atoms with Crippen molar-refractivity contribution in [3.63, 3.8) is 0 Å². The molecule has 0 N–H and O–H groups in total. The van der Waals surface area contributed by atoms with Crippen molar-refractivity contribution < 1.29 is 22.3 Å². The highest BCUT2D eigenvalue weighted by molar-refractivity contribution is 7.90. The lowest BCUT2D eigenvalue weighted by molar-refractivity contribution is -0.131. The highest BCUT2D eigenvalue weighted by Crippen LogP contribution is 2.46. The molecule has 0 saturated carbocycles. The van der Waals surface area contributed by atoms with Gasteiger partial charge in [0.05, 0.1) is 42.2 Å². The van der Waals surface area contributed by atoms with E-state index in [1.165, 1.54) is 25.3 Å². The number of aromatic nitrogens is 3. The third kappa shape index (κ3) is 4.40. The fourth-order valence-corrected chi connectivity index (χ4v) is 8.30. The van der Waals surface area contributed by atoms with Gasteiger partial charge in [0.2, 0.25) is 5.91 Å². The molecule has 11 heteroatoms. The van der Waals surface area contributed by atoms with E-state index in [0.717, 1.165) is 43.6 Å². The van der Waals surface area contributed by atoms with Crippen LogP contribution in [0.1, 0.15) is 17.2 Å². The molecule has 212 valence electrons. The van der Waals surface area contributed by atoms with Gasteiger partial charge in [0, 0.05) is 57.7 Å². The van der Waals surface area contributed by atoms with Crippen LogP contribution in [0.4, 0.5) is 4.39 Å². The van der Waals surface area contributed by atoms with E-state index in [1.54, 1.807) is 28.5 Å². The summed E-state index contributed by atoms with van der Waals surface area (Å²) in [5.74, 6) is -0.0720. The molecule has 0 unspecified atom stereocenters. The highest BCUT2D eigenvalue weighted by Gasteiger charge is 2.32. The van der Waals surface area contributed by atoms with E-state index in [-0.39, 0.29) is 23.5 Å². The predicted molar refractivity (Wildman–Crippen MR) is 160 cm³/mol.